The van der Waals surface area contributed by atoms with Gasteiger partial charge in [0.05, 0.1) is 17.7 Å². The molecule has 1 heterocycles. The van der Waals surface area contributed by atoms with Crippen molar-refractivity contribution in [2.75, 3.05) is 5.32 Å². The molecule has 11 heteroatoms. The summed E-state index contributed by atoms with van der Waals surface area (Å²) < 4.78 is 32.3. The Labute approximate surface area is 189 Å². The SMILES string of the molecule is Cc1ccc(Cl)cc1NC(=O)C(=O)N/N=C/c1ccc(CNS(=O)(=O)c2ccccc2)o1. The second-order valence-corrected chi connectivity index (χ2v) is 8.76. The number of rotatable bonds is 7. The van der Waals surface area contributed by atoms with Crippen LogP contribution in [0.2, 0.25) is 5.02 Å². The molecule has 0 saturated heterocycles. The fourth-order valence-electron chi connectivity index (χ4n) is 2.52. The van der Waals surface area contributed by atoms with Gasteiger partial charge in [0.15, 0.2) is 0 Å². The number of nitrogens with one attached hydrogen (secondary N) is 3. The van der Waals surface area contributed by atoms with Crippen molar-refractivity contribution < 1.29 is 22.4 Å². The van der Waals surface area contributed by atoms with E-state index in [1.54, 1.807) is 43.3 Å². The van der Waals surface area contributed by atoms with Crippen LogP contribution in [0.1, 0.15) is 17.1 Å². The molecular formula is C21H19ClN4O5S. The van der Waals surface area contributed by atoms with E-state index in [1.807, 2.05) is 0 Å². The molecule has 3 N–H and O–H groups in total. The van der Waals surface area contributed by atoms with Crippen LogP contribution in [0, 0.1) is 6.92 Å². The number of carbonyl (C=O) groups is 2. The quantitative estimate of drug-likeness (QED) is 0.275. The summed E-state index contributed by atoms with van der Waals surface area (Å²) in [6, 6.07) is 15.9. The molecule has 0 saturated carbocycles. The molecule has 0 spiro atoms. The van der Waals surface area contributed by atoms with E-state index in [9.17, 15) is 18.0 Å². The number of carbonyl (C=O) groups excluding carboxylic acids is 2. The van der Waals surface area contributed by atoms with Gasteiger partial charge in [-0.1, -0.05) is 35.9 Å². The number of sulfonamides is 1. The van der Waals surface area contributed by atoms with Gasteiger partial charge in [-0.25, -0.2) is 18.6 Å². The molecule has 166 valence electrons. The smallest absolute Gasteiger partial charge is 0.329 e. The number of aryl methyl sites for hydroxylation is 1. The molecule has 0 fully saturated rings. The van der Waals surface area contributed by atoms with Crippen LogP contribution in [0.15, 0.2) is 75.1 Å². The number of hydrazone groups is 1. The van der Waals surface area contributed by atoms with Gasteiger partial charge in [-0.3, -0.25) is 9.59 Å². The largest absolute Gasteiger partial charge is 0.459 e. The average Bonchev–Trinajstić information content (AvgIpc) is 3.23. The van der Waals surface area contributed by atoms with Gasteiger partial charge in [0.25, 0.3) is 0 Å². The number of benzene rings is 2. The molecule has 0 aliphatic rings. The van der Waals surface area contributed by atoms with Crippen molar-refractivity contribution in [2.24, 2.45) is 5.10 Å². The normalized spacial score (nSPS) is 11.4. The Bertz CT molecular complexity index is 1260. The summed E-state index contributed by atoms with van der Waals surface area (Å²) in [4.78, 5) is 24.0. The van der Waals surface area contributed by atoms with E-state index in [0.29, 0.717) is 16.5 Å². The fourth-order valence-corrected chi connectivity index (χ4v) is 3.71. The Balaban J connectivity index is 1.51. The van der Waals surface area contributed by atoms with Gasteiger partial charge in [-0.15, -0.1) is 0 Å². The number of nitrogens with zero attached hydrogens (tertiary/aromatic N) is 1. The van der Waals surface area contributed by atoms with Crippen LogP contribution in [0.25, 0.3) is 0 Å². The molecule has 0 radical (unpaired) electrons. The topological polar surface area (TPSA) is 130 Å². The highest BCUT2D eigenvalue weighted by molar-refractivity contribution is 7.89. The van der Waals surface area contributed by atoms with Crippen LogP contribution in [0.5, 0.6) is 0 Å². The first kappa shape index (κ1) is 23.2. The summed E-state index contributed by atoms with van der Waals surface area (Å²) in [5, 5.41) is 6.54. The van der Waals surface area contributed by atoms with Gasteiger partial charge in [0.2, 0.25) is 10.0 Å². The molecule has 2 aromatic carbocycles. The van der Waals surface area contributed by atoms with E-state index in [0.717, 1.165) is 5.56 Å². The standard InChI is InChI=1S/C21H19ClN4O5S/c1-14-7-8-15(22)11-19(14)25-20(27)21(28)26-23-12-16-9-10-17(31-16)13-24-32(29,30)18-5-3-2-4-6-18/h2-12,24H,13H2,1H3,(H,25,27)(H,26,28)/b23-12+. The highest BCUT2D eigenvalue weighted by Crippen LogP contribution is 2.20. The molecule has 1 aromatic heterocycles. The van der Waals surface area contributed by atoms with E-state index in [-0.39, 0.29) is 17.2 Å². The molecule has 3 rings (SSSR count). The Morgan fingerprint density at radius 1 is 1.06 bits per heavy atom. The van der Waals surface area contributed by atoms with Gasteiger partial charge in [-0.05, 0) is 48.9 Å². The van der Waals surface area contributed by atoms with Crippen molar-refractivity contribution in [3.63, 3.8) is 0 Å². The Morgan fingerprint density at radius 2 is 1.81 bits per heavy atom. The van der Waals surface area contributed by atoms with E-state index >= 15 is 0 Å². The lowest BCUT2D eigenvalue weighted by atomic mass is 10.2. The Morgan fingerprint density at radius 3 is 2.56 bits per heavy atom. The molecule has 9 nitrogen and oxygen atoms in total. The molecular weight excluding hydrogens is 456 g/mol. The van der Waals surface area contributed by atoms with Crippen LogP contribution >= 0.6 is 11.6 Å². The maximum atomic E-state index is 12.2. The zero-order chi connectivity index (χ0) is 23.1. The van der Waals surface area contributed by atoms with Crippen LogP contribution in [0.3, 0.4) is 0 Å². The van der Waals surface area contributed by atoms with Gasteiger partial charge in [0.1, 0.15) is 11.5 Å². The highest BCUT2D eigenvalue weighted by atomic mass is 35.5. The average molecular weight is 475 g/mol. The van der Waals surface area contributed by atoms with Crippen molar-refractivity contribution in [1.29, 1.82) is 0 Å². The third-order valence-corrected chi connectivity index (χ3v) is 5.84. The van der Waals surface area contributed by atoms with Crippen molar-refractivity contribution in [1.82, 2.24) is 10.1 Å². The first-order valence-electron chi connectivity index (χ1n) is 9.28. The van der Waals surface area contributed by atoms with Gasteiger partial charge < -0.3 is 9.73 Å². The van der Waals surface area contributed by atoms with E-state index in [2.05, 4.69) is 20.6 Å². The Kier molecular flexibility index (Phi) is 7.41. The number of hydrogen-bond acceptors (Lipinski definition) is 6. The lowest BCUT2D eigenvalue weighted by molar-refractivity contribution is -0.136. The lowest BCUT2D eigenvalue weighted by Crippen LogP contribution is -2.32. The predicted octanol–water partition coefficient (Wildman–Crippen LogP) is 2.81. The summed E-state index contributed by atoms with van der Waals surface area (Å²) in [6.45, 7) is 1.69. The number of anilines is 1. The monoisotopic (exact) mass is 474 g/mol. The number of hydrogen-bond donors (Lipinski definition) is 3. The summed E-state index contributed by atoms with van der Waals surface area (Å²) in [6.07, 6.45) is 1.19. The maximum absolute atomic E-state index is 12.2. The first-order valence-corrected chi connectivity index (χ1v) is 11.1. The lowest BCUT2D eigenvalue weighted by Gasteiger charge is -2.07. The maximum Gasteiger partial charge on any atom is 0.329 e. The third kappa shape index (κ3) is 6.27. The molecule has 0 aliphatic carbocycles. The number of halogens is 1. The molecule has 32 heavy (non-hydrogen) atoms. The first-order chi connectivity index (χ1) is 15.2. The van der Waals surface area contributed by atoms with Crippen LogP contribution in [0.4, 0.5) is 5.69 Å². The number of amides is 2. The molecule has 0 unspecified atom stereocenters. The number of furan rings is 1. The van der Waals surface area contributed by atoms with Crippen LogP contribution in [-0.4, -0.2) is 26.4 Å². The fraction of sp³-hybridized carbons (Fsp3) is 0.0952. The van der Waals surface area contributed by atoms with Crippen molar-refractivity contribution in [3.05, 3.63) is 82.8 Å². The highest BCUT2D eigenvalue weighted by Gasteiger charge is 2.15. The molecule has 0 bridgehead atoms. The van der Waals surface area contributed by atoms with E-state index in [1.165, 1.54) is 30.5 Å². The minimum Gasteiger partial charge on any atom is -0.459 e. The second kappa shape index (κ2) is 10.2. The molecule has 2 amide bonds. The Hall–Kier alpha value is -3.47. The van der Waals surface area contributed by atoms with Crippen molar-refractivity contribution >= 4 is 45.3 Å². The van der Waals surface area contributed by atoms with E-state index in [4.69, 9.17) is 16.0 Å². The molecule has 0 aliphatic heterocycles. The minimum absolute atomic E-state index is 0.0706. The van der Waals surface area contributed by atoms with Crippen molar-refractivity contribution in [2.45, 2.75) is 18.4 Å². The molecule has 3 aromatic rings. The van der Waals surface area contributed by atoms with Crippen LogP contribution in [-0.2, 0) is 26.2 Å². The third-order valence-electron chi connectivity index (χ3n) is 4.18. The zero-order valence-electron chi connectivity index (χ0n) is 16.8. The summed E-state index contributed by atoms with van der Waals surface area (Å²) >= 11 is 5.89. The van der Waals surface area contributed by atoms with Crippen molar-refractivity contribution in [3.8, 4) is 0 Å². The zero-order valence-corrected chi connectivity index (χ0v) is 18.4. The van der Waals surface area contributed by atoms with E-state index < -0.39 is 21.8 Å². The predicted molar refractivity (Wildman–Crippen MR) is 120 cm³/mol. The van der Waals surface area contributed by atoms with Gasteiger partial charge >= 0.3 is 11.8 Å². The van der Waals surface area contributed by atoms with Gasteiger partial charge in [-0.2, -0.15) is 5.10 Å². The molecule has 0 atom stereocenters. The van der Waals surface area contributed by atoms with Crippen LogP contribution < -0.4 is 15.5 Å². The second-order valence-electron chi connectivity index (χ2n) is 6.55. The summed E-state index contributed by atoms with van der Waals surface area (Å²) in [5.41, 5.74) is 3.24. The summed E-state index contributed by atoms with van der Waals surface area (Å²) in [5.74, 6) is -1.30. The minimum atomic E-state index is -3.67. The summed E-state index contributed by atoms with van der Waals surface area (Å²) in [7, 11) is -3.67. The van der Waals surface area contributed by atoms with Gasteiger partial charge in [0, 0.05) is 10.7 Å².